The van der Waals surface area contributed by atoms with E-state index in [9.17, 15) is 4.79 Å². The molecule has 2 N–H and O–H groups in total. The largest absolute Gasteiger partial charge is 0.335 e. The third kappa shape index (κ3) is 2.54. The van der Waals surface area contributed by atoms with Crippen LogP contribution >= 0.6 is 0 Å². The Morgan fingerprint density at radius 3 is 2.95 bits per heavy atom. The number of hydrogen-bond donors (Lipinski definition) is 2. The molecule has 1 aromatic carbocycles. The van der Waals surface area contributed by atoms with Crippen LogP contribution in [0.1, 0.15) is 25.6 Å². The fourth-order valence-electron chi connectivity index (χ4n) is 2.24. The number of aryl methyl sites for hydroxylation is 1. The molecule has 0 unspecified atom stereocenters. The molecular weight excluding hydrogens is 240 g/mol. The van der Waals surface area contributed by atoms with E-state index in [1.807, 2.05) is 18.2 Å². The van der Waals surface area contributed by atoms with Crippen LogP contribution in [0, 0.1) is 0 Å². The molecule has 0 saturated heterocycles. The van der Waals surface area contributed by atoms with Crippen molar-refractivity contribution in [2.75, 3.05) is 0 Å². The van der Waals surface area contributed by atoms with E-state index in [0.717, 1.165) is 36.2 Å². The van der Waals surface area contributed by atoms with Crippen molar-refractivity contribution in [2.45, 2.75) is 38.9 Å². The van der Waals surface area contributed by atoms with E-state index in [1.165, 1.54) is 0 Å². The number of nitrogens with one attached hydrogen (secondary N) is 2. The second-order valence-corrected chi connectivity index (χ2v) is 4.86. The summed E-state index contributed by atoms with van der Waals surface area (Å²) in [6, 6.07) is 8.32. The summed E-state index contributed by atoms with van der Waals surface area (Å²) in [5.41, 5.74) is 2.09. The number of amides is 2. The Labute approximate surface area is 112 Å². The smallest absolute Gasteiger partial charge is 0.315 e. The summed E-state index contributed by atoms with van der Waals surface area (Å²) >= 11 is 0. The zero-order valence-electron chi connectivity index (χ0n) is 11.0. The van der Waals surface area contributed by atoms with Crippen LogP contribution < -0.4 is 10.6 Å². The van der Waals surface area contributed by atoms with Gasteiger partial charge in [-0.2, -0.15) is 0 Å². The van der Waals surface area contributed by atoms with Crippen molar-refractivity contribution in [2.24, 2.45) is 0 Å². The maximum absolute atomic E-state index is 11.6. The van der Waals surface area contributed by atoms with Gasteiger partial charge in [0.05, 0.1) is 17.6 Å². The lowest BCUT2D eigenvalue weighted by Gasteiger charge is -2.08. The minimum absolute atomic E-state index is 0.0998. The molecule has 2 amide bonds. The van der Waals surface area contributed by atoms with Crippen molar-refractivity contribution >= 4 is 17.1 Å². The summed E-state index contributed by atoms with van der Waals surface area (Å²) in [5, 5.41) is 5.78. The van der Waals surface area contributed by atoms with Crippen molar-refractivity contribution in [1.29, 1.82) is 0 Å². The number of hydrogen-bond acceptors (Lipinski definition) is 2. The first-order chi connectivity index (χ1) is 9.28. The molecule has 1 aliphatic carbocycles. The number of imidazole rings is 1. The molecule has 1 aliphatic rings. The van der Waals surface area contributed by atoms with Gasteiger partial charge in [0, 0.05) is 12.6 Å². The van der Waals surface area contributed by atoms with Gasteiger partial charge in [-0.3, -0.25) is 0 Å². The Morgan fingerprint density at radius 1 is 1.42 bits per heavy atom. The Bertz CT molecular complexity index is 601. The first-order valence-corrected chi connectivity index (χ1v) is 6.76. The van der Waals surface area contributed by atoms with Gasteiger partial charge in [0.15, 0.2) is 0 Å². The summed E-state index contributed by atoms with van der Waals surface area (Å²) in [6.45, 7) is 3.39. The predicted octanol–water partition coefficient (Wildman–Crippen LogP) is 2.02. The molecule has 0 aliphatic heterocycles. The number of urea groups is 1. The predicted molar refractivity (Wildman–Crippen MR) is 73.8 cm³/mol. The molecular formula is C14H18N4O. The lowest BCUT2D eigenvalue weighted by Crippen LogP contribution is -2.36. The molecule has 0 atom stereocenters. The van der Waals surface area contributed by atoms with Crippen molar-refractivity contribution in [3.63, 3.8) is 0 Å². The third-order valence-electron chi connectivity index (χ3n) is 3.37. The van der Waals surface area contributed by atoms with Gasteiger partial charge >= 0.3 is 6.03 Å². The molecule has 0 spiro atoms. The summed E-state index contributed by atoms with van der Waals surface area (Å²) in [7, 11) is 0. The highest BCUT2D eigenvalue weighted by Crippen LogP contribution is 2.18. The van der Waals surface area contributed by atoms with Gasteiger partial charge in [0.1, 0.15) is 5.82 Å². The first-order valence-electron chi connectivity index (χ1n) is 6.76. The number of carbonyl (C=O) groups is 1. The Kier molecular flexibility index (Phi) is 3.11. The number of aromatic nitrogens is 2. The van der Waals surface area contributed by atoms with Crippen LogP contribution in [-0.4, -0.2) is 21.6 Å². The fraction of sp³-hybridized carbons (Fsp3) is 0.429. The quantitative estimate of drug-likeness (QED) is 0.881. The van der Waals surface area contributed by atoms with E-state index >= 15 is 0 Å². The van der Waals surface area contributed by atoms with Gasteiger partial charge in [0.2, 0.25) is 0 Å². The van der Waals surface area contributed by atoms with E-state index in [1.54, 1.807) is 0 Å². The molecule has 100 valence electrons. The highest BCUT2D eigenvalue weighted by molar-refractivity contribution is 5.77. The molecule has 5 heteroatoms. The molecule has 1 saturated carbocycles. The second kappa shape index (κ2) is 4.91. The number of para-hydroxylation sites is 2. The molecule has 1 fully saturated rings. The van der Waals surface area contributed by atoms with Crippen LogP contribution in [-0.2, 0) is 13.1 Å². The average Bonchev–Trinajstić information content (AvgIpc) is 3.15. The van der Waals surface area contributed by atoms with Gasteiger partial charge in [0.25, 0.3) is 0 Å². The van der Waals surface area contributed by atoms with Crippen LogP contribution in [0.3, 0.4) is 0 Å². The SMILES string of the molecule is CCn1c(CNC(=O)NC2CC2)nc2ccccc21. The minimum Gasteiger partial charge on any atom is -0.335 e. The van der Waals surface area contributed by atoms with Gasteiger partial charge in [-0.15, -0.1) is 0 Å². The Balaban J connectivity index is 1.74. The van der Waals surface area contributed by atoms with Crippen molar-refractivity contribution in [3.05, 3.63) is 30.1 Å². The van der Waals surface area contributed by atoms with Crippen LogP contribution in [0.5, 0.6) is 0 Å². The number of carbonyl (C=O) groups excluding carboxylic acids is 1. The highest BCUT2D eigenvalue weighted by atomic mass is 16.2. The van der Waals surface area contributed by atoms with E-state index in [4.69, 9.17) is 0 Å². The zero-order valence-corrected chi connectivity index (χ0v) is 11.0. The summed E-state index contributed by atoms with van der Waals surface area (Å²) in [4.78, 5) is 16.2. The van der Waals surface area contributed by atoms with Gasteiger partial charge in [-0.1, -0.05) is 12.1 Å². The second-order valence-electron chi connectivity index (χ2n) is 4.86. The van der Waals surface area contributed by atoms with Crippen molar-refractivity contribution in [3.8, 4) is 0 Å². The molecule has 1 heterocycles. The van der Waals surface area contributed by atoms with Gasteiger partial charge < -0.3 is 15.2 Å². The number of benzene rings is 1. The summed E-state index contributed by atoms with van der Waals surface area (Å²) < 4.78 is 2.13. The van der Waals surface area contributed by atoms with E-state index < -0.39 is 0 Å². The molecule has 1 aromatic heterocycles. The maximum Gasteiger partial charge on any atom is 0.315 e. The molecule has 0 radical (unpaired) electrons. The van der Waals surface area contributed by atoms with Crippen molar-refractivity contribution in [1.82, 2.24) is 20.2 Å². The summed E-state index contributed by atoms with van der Waals surface area (Å²) in [6.07, 6.45) is 2.20. The number of nitrogens with zero attached hydrogens (tertiary/aromatic N) is 2. The van der Waals surface area contributed by atoms with E-state index in [2.05, 4.69) is 33.2 Å². The molecule has 19 heavy (non-hydrogen) atoms. The van der Waals surface area contributed by atoms with Crippen LogP contribution in [0.15, 0.2) is 24.3 Å². The first kappa shape index (κ1) is 12.0. The van der Waals surface area contributed by atoms with Crippen LogP contribution in [0.25, 0.3) is 11.0 Å². The lowest BCUT2D eigenvalue weighted by molar-refractivity contribution is 0.239. The van der Waals surface area contributed by atoms with Gasteiger partial charge in [-0.25, -0.2) is 9.78 Å². The zero-order chi connectivity index (χ0) is 13.2. The molecule has 5 nitrogen and oxygen atoms in total. The number of rotatable bonds is 4. The van der Waals surface area contributed by atoms with E-state index in [0.29, 0.717) is 12.6 Å². The highest BCUT2D eigenvalue weighted by Gasteiger charge is 2.23. The maximum atomic E-state index is 11.6. The summed E-state index contributed by atoms with van der Waals surface area (Å²) in [5.74, 6) is 0.898. The Hall–Kier alpha value is -2.04. The van der Waals surface area contributed by atoms with E-state index in [-0.39, 0.29) is 6.03 Å². The monoisotopic (exact) mass is 258 g/mol. The van der Waals surface area contributed by atoms with Crippen molar-refractivity contribution < 1.29 is 4.79 Å². The van der Waals surface area contributed by atoms with Crippen LogP contribution in [0.4, 0.5) is 4.79 Å². The van der Waals surface area contributed by atoms with Crippen LogP contribution in [0.2, 0.25) is 0 Å². The molecule has 2 aromatic rings. The van der Waals surface area contributed by atoms with Gasteiger partial charge in [-0.05, 0) is 31.9 Å². The average molecular weight is 258 g/mol. The Morgan fingerprint density at radius 2 is 2.21 bits per heavy atom. The lowest BCUT2D eigenvalue weighted by atomic mass is 10.3. The normalized spacial score (nSPS) is 14.6. The standard InChI is InChI=1S/C14H18N4O/c1-2-18-12-6-4-3-5-11(12)17-13(18)9-15-14(19)16-10-7-8-10/h3-6,10H,2,7-9H2,1H3,(H2,15,16,19). The number of fused-ring (bicyclic) bond motifs is 1. The fourth-order valence-corrected chi connectivity index (χ4v) is 2.24. The third-order valence-corrected chi connectivity index (χ3v) is 3.37. The molecule has 0 bridgehead atoms. The topological polar surface area (TPSA) is 59.0 Å². The molecule has 3 rings (SSSR count). The minimum atomic E-state index is -0.0998.